The highest BCUT2D eigenvalue weighted by Crippen LogP contribution is 2.40. The summed E-state index contributed by atoms with van der Waals surface area (Å²) in [6.07, 6.45) is 0. The number of morpholine rings is 1. The minimum absolute atomic E-state index is 0.0409. The third-order valence-corrected chi connectivity index (χ3v) is 6.29. The van der Waals surface area contributed by atoms with Crippen molar-refractivity contribution >= 4 is 11.5 Å². The Hall–Kier alpha value is -3.66. The molecule has 3 aromatic rings. The number of anilines is 1. The van der Waals surface area contributed by atoms with Gasteiger partial charge in [0.2, 0.25) is 5.82 Å². The number of methoxy groups -OCH3 is 1. The summed E-state index contributed by atoms with van der Waals surface area (Å²) in [5, 5.41) is 12.8. The molecule has 1 fully saturated rings. The molecule has 0 amide bonds. The van der Waals surface area contributed by atoms with E-state index in [1.807, 2.05) is 44.2 Å². The van der Waals surface area contributed by atoms with Crippen LogP contribution in [0.4, 0.5) is 5.69 Å². The number of hydrogen-bond donors (Lipinski definition) is 0. The minimum Gasteiger partial charge on any atom is -0.494 e. The number of tetrazole rings is 1. The Labute approximate surface area is 223 Å². The Morgan fingerprint density at radius 3 is 2.39 bits per heavy atom. The molecule has 10 heteroatoms. The van der Waals surface area contributed by atoms with Gasteiger partial charge in [-0.15, -0.1) is 10.2 Å². The average Bonchev–Trinajstić information content (AvgIpc) is 3.37. The predicted octanol–water partition coefficient (Wildman–Crippen LogP) is 4.16. The van der Waals surface area contributed by atoms with Crippen LogP contribution in [0.3, 0.4) is 0 Å². The highest BCUT2D eigenvalue weighted by molar-refractivity contribution is 5.97. The van der Waals surface area contributed by atoms with Crippen LogP contribution < -0.4 is 19.1 Å². The maximum absolute atomic E-state index is 13.5. The minimum atomic E-state index is -0.229. The zero-order valence-electron chi connectivity index (χ0n) is 23.1. The first-order valence-electron chi connectivity index (χ1n) is 13.0. The van der Waals surface area contributed by atoms with E-state index in [0.29, 0.717) is 49.3 Å². The van der Waals surface area contributed by atoms with Gasteiger partial charge in [-0.2, -0.15) is 4.80 Å². The van der Waals surface area contributed by atoms with Crippen molar-refractivity contribution in [2.45, 2.75) is 46.6 Å². The normalized spacial score (nSPS) is 13.9. The van der Waals surface area contributed by atoms with E-state index in [1.54, 1.807) is 7.11 Å². The molecule has 204 valence electrons. The highest BCUT2D eigenvalue weighted by atomic mass is 16.5. The molecule has 0 N–H and O–H groups in total. The van der Waals surface area contributed by atoms with E-state index in [-0.39, 0.29) is 17.7 Å². The lowest BCUT2D eigenvalue weighted by atomic mass is 9.84. The maximum Gasteiger partial charge on any atom is 0.205 e. The number of ether oxygens (including phenoxy) is 4. The van der Waals surface area contributed by atoms with Crippen LogP contribution in [0.25, 0.3) is 11.4 Å². The summed E-state index contributed by atoms with van der Waals surface area (Å²) < 4.78 is 22.8. The molecule has 1 aliphatic rings. The zero-order chi connectivity index (χ0) is 27.3. The van der Waals surface area contributed by atoms with E-state index in [4.69, 9.17) is 18.9 Å². The van der Waals surface area contributed by atoms with Crippen LogP contribution in [0.1, 0.15) is 50.5 Å². The van der Waals surface area contributed by atoms with Crippen molar-refractivity contribution in [1.82, 2.24) is 20.2 Å². The van der Waals surface area contributed by atoms with E-state index in [1.165, 1.54) is 4.80 Å². The van der Waals surface area contributed by atoms with Crippen molar-refractivity contribution < 1.29 is 23.7 Å². The molecule has 0 aliphatic carbocycles. The zero-order valence-corrected chi connectivity index (χ0v) is 23.1. The van der Waals surface area contributed by atoms with Gasteiger partial charge in [0, 0.05) is 29.8 Å². The van der Waals surface area contributed by atoms with Crippen molar-refractivity contribution in [2.75, 3.05) is 51.5 Å². The fourth-order valence-electron chi connectivity index (χ4n) is 4.42. The molecule has 0 radical (unpaired) electrons. The van der Waals surface area contributed by atoms with Crippen LogP contribution in [0.15, 0.2) is 30.3 Å². The predicted molar refractivity (Wildman–Crippen MR) is 145 cm³/mol. The average molecular weight is 524 g/mol. The SMILES string of the molecule is CCOc1ccc(-c2nnn(CC(=O)c3cc(N4CCOCC4)c(OC)c(C(C)(C)C)c3)n2)cc1OCC. The Balaban J connectivity index is 1.62. The molecule has 1 aromatic heterocycles. The molecule has 0 unspecified atom stereocenters. The van der Waals surface area contributed by atoms with Crippen LogP contribution >= 0.6 is 0 Å². The Kier molecular flexibility index (Phi) is 8.51. The number of carbonyl (C=O) groups excluding carboxylic acids is 1. The number of nitrogens with zero attached hydrogens (tertiary/aromatic N) is 5. The molecule has 1 saturated heterocycles. The highest BCUT2D eigenvalue weighted by Gasteiger charge is 2.27. The third-order valence-electron chi connectivity index (χ3n) is 6.29. The van der Waals surface area contributed by atoms with Gasteiger partial charge >= 0.3 is 0 Å². The summed E-state index contributed by atoms with van der Waals surface area (Å²) in [6.45, 7) is 13.9. The van der Waals surface area contributed by atoms with Gasteiger partial charge in [-0.25, -0.2) is 0 Å². The second kappa shape index (κ2) is 11.8. The largest absolute Gasteiger partial charge is 0.494 e. The van der Waals surface area contributed by atoms with E-state index >= 15 is 0 Å². The van der Waals surface area contributed by atoms with Crippen molar-refractivity contribution in [2.24, 2.45) is 0 Å². The molecular formula is C28H37N5O5. The molecular weight excluding hydrogens is 486 g/mol. The lowest BCUT2D eigenvalue weighted by molar-refractivity contribution is 0.0961. The first kappa shape index (κ1) is 27.4. The molecule has 0 atom stereocenters. The maximum atomic E-state index is 13.5. The van der Waals surface area contributed by atoms with Crippen LogP contribution in [0, 0.1) is 0 Å². The van der Waals surface area contributed by atoms with Crippen LogP contribution in [-0.4, -0.2) is 72.6 Å². The van der Waals surface area contributed by atoms with Gasteiger partial charge in [0.1, 0.15) is 12.3 Å². The van der Waals surface area contributed by atoms with Crippen LogP contribution in [0.2, 0.25) is 0 Å². The van der Waals surface area contributed by atoms with Gasteiger partial charge < -0.3 is 23.8 Å². The quantitative estimate of drug-likeness (QED) is 0.363. The summed E-state index contributed by atoms with van der Waals surface area (Å²) in [5.41, 5.74) is 2.95. The summed E-state index contributed by atoms with van der Waals surface area (Å²) in [4.78, 5) is 17.0. The van der Waals surface area contributed by atoms with Gasteiger partial charge in [-0.1, -0.05) is 20.8 Å². The number of rotatable bonds is 10. The fraction of sp³-hybridized carbons (Fsp3) is 0.500. The smallest absolute Gasteiger partial charge is 0.205 e. The van der Waals surface area contributed by atoms with Gasteiger partial charge in [0.25, 0.3) is 0 Å². The molecule has 0 spiro atoms. The van der Waals surface area contributed by atoms with Crippen LogP contribution in [-0.2, 0) is 16.7 Å². The number of benzene rings is 2. The summed E-state index contributed by atoms with van der Waals surface area (Å²) in [6, 6.07) is 9.33. The first-order chi connectivity index (χ1) is 18.2. The molecule has 38 heavy (non-hydrogen) atoms. The second-order valence-electron chi connectivity index (χ2n) is 10.0. The monoisotopic (exact) mass is 523 g/mol. The number of aromatic nitrogens is 4. The van der Waals surface area contributed by atoms with Crippen molar-refractivity contribution in [3.63, 3.8) is 0 Å². The Morgan fingerprint density at radius 1 is 1.03 bits per heavy atom. The number of Topliss-reactive ketones (excluding diaryl/α,β-unsaturated/α-hetero) is 1. The summed E-state index contributed by atoms with van der Waals surface area (Å²) in [7, 11) is 1.68. The molecule has 10 nitrogen and oxygen atoms in total. The Morgan fingerprint density at radius 2 is 1.74 bits per heavy atom. The van der Waals surface area contributed by atoms with E-state index < -0.39 is 0 Å². The van der Waals surface area contributed by atoms with Crippen molar-refractivity contribution in [1.29, 1.82) is 0 Å². The van der Waals surface area contributed by atoms with E-state index in [9.17, 15) is 4.79 Å². The van der Waals surface area contributed by atoms with Crippen molar-refractivity contribution in [3.05, 3.63) is 41.5 Å². The van der Waals surface area contributed by atoms with Crippen LogP contribution in [0.5, 0.6) is 17.2 Å². The molecule has 0 saturated carbocycles. The molecule has 2 aromatic carbocycles. The third kappa shape index (κ3) is 6.07. The molecule has 1 aliphatic heterocycles. The summed E-state index contributed by atoms with van der Waals surface area (Å²) >= 11 is 0. The lowest BCUT2D eigenvalue weighted by Gasteiger charge is -2.33. The summed E-state index contributed by atoms with van der Waals surface area (Å²) in [5.74, 6) is 2.35. The topological polar surface area (TPSA) is 101 Å². The number of carbonyl (C=O) groups is 1. The Bertz CT molecular complexity index is 1260. The van der Waals surface area contributed by atoms with Gasteiger partial charge in [0.05, 0.1) is 39.2 Å². The van der Waals surface area contributed by atoms with Crippen molar-refractivity contribution in [3.8, 4) is 28.6 Å². The fourth-order valence-corrected chi connectivity index (χ4v) is 4.42. The van der Waals surface area contributed by atoms with Gasteiger partial charge in [0.15, 0.2) is 17.3 Å². The number of ketones is 1. The van der Waals surface area contributed by atoms with Gasteiger partial charge in [-0.05, 0) is 54.8 Å². The molecule has 0 bridgehead atoms. The molecule has 4 rings (SSSR count). The standard InChI is InChI=1S/C28H37N5O5/c1-7-37-24-10-9-19(17-25(24)38-8-2)27-29-31-33(30-27)18-23(34)20-15-21(28(3,4)5)26(35-6)22(16-20)32-11-13-36-14-12-32/h9-10,15-17H,7-8,11-14,18H2,1-6H3. The van der Waals surface area contributed by atoms with E-state index in [0.717, 1.165) is 35.7 Å². The van der Waals surface area contributed by atoms with Gasteiger partial charge in [-0.3, -0.25) is 4.79 Å². The second-order valence-corrected chi connectivity index (χ2v) is 10.0. The molecule has 2 heterocycles. The number of hydrogen-bond acceptors (Lipinski definition) is 9. The first-order valence-corrected chi connectivity index (χ1v) is 13.0. The lowest BCUT2D eigenvalue weighted by Crippen LogP contribution is -2.37. The van der Waals surface area contributed by atoms with E-state index in [2.05, 4.69) is 41.1 Å².